The van der Waals surface area contributed by atoms with Crippen LogP contribution in [0.2, 0.25) is 0 Å². The molecule has 0 spiro atoms. The van der Waals surface area contributed by atoms with E-state index in [1.54, 1.807) is 4.98 Å². The molecule has 1 aromatic carbocycles. The van der Waals surface area contributed by atoms with E-state index in [9.17, 15) is 22.8 Å². The fourth-order valence-corrected chi connectivity index (χ4v) is 3.71. The maximum atomic E-state index is 13.1. The number of hydrogen-bond donors (Lipinski definition) is 1. The number of ether oxygens (including phenoxy) is 3. The molecule has 11 heteroatoms. The molecular formula is C20H19F3N2O5S. The monoisotopic (exact) mass is 456 g/mol. The lowest BCUT2D eigenvalue weighted by atomic mass is 10.2. The van der Waals surface area contributed by atoms with Crippen LogP contribution < -0.4 is 11.2 Å². The maximum Gasteiger partial charge on any atom is 0.423 e. The summed E-state index contributed by atoms with van der Waals surface area (Å²) in [6, 6.07) is 9.54. The van der Waals surface area contributed by atoms with Crippen LogP contribution in [0.4, 0.5) is 13.2 Å². The smallest absolute Gasteiger partial charge is 0.368 e. The van der Waals surface area contributed by atoms with Crippen molar-refractivity contribution in [3.8, 4) is 12.3 Å². The van der Waals surface area contributed by atoms with Gasteiger partial charge in [-0.1, -0.05) is 35.9 Å². The molecule has 166 valence electrons. The number of alkyl halides is 3. The SMILES string of the molecule is C#CCO[C@H]1C[C@H](n2cc(C(F)(F)F)c(=O)[nH]c2=O)O[C@@H]1COCSc1ccccc1. The van der Waals surface area contributed by atoms with Crippen LogP contribution in [-0.4, -0.2) is 40.9 Å². The molecule has 2 heterocycles. The average molecular weight is 456 g/mol. The van der Waals surface area contributed by atoms with Crippen molar-refractivity contribution in [1.29, 1.82) is 0 Å². The minimum Gasteiger partial charge on any atom is -0.368 e. The number of halogens is 3. The highest BCUT2D eigenvalue weighted by Gasteiger charge is 2.40. The summed E-state index contributed by atoms with van der Waals surface area (Å²) in [7, 11) is 0. The molecule has 0 aliphatic carbocycles. The fraction of sp³-hybridized carbons (Fsp3) is 0.400. The number of terminal acetylenes is 1. The zero-order valence-corrected chi connectivity index (χ0v) is 16.9. The van der Waals surface area contributed by atoms with Crippen LogP contribution in [0.1, 0.15) is 18.2 Å². The van der Waals surface area contributed by atoms with Crippen LogP contribution in [-0.2, 0) is 20.4 Å². The van der Waals surface area contributed by atoms with Crippen molar-refractivity contribution in [2.24, 2.45) is 0 Å². The van der Waals surface area contributed by atoms with Crippen LogP contribution in [0.5, 0.6) is 0 Å². The Hall–Kier alpha value is -2.52. The summed E-state index contributed by atoms with van der Waals surface area (Å²) in [6.07, 6.45) is -1.52. The molecule has 1 fully saturated rings. The van der Waals surface area contributed by atoms with E-state index >= 15 is 0 Å². The number of aromatic nitrogens is 2. The Morgan fingerprint density at radius 3 is 2.71 bits per heavy atom. The van der Waals surface area contributed by atoms with Crippen LogP contribution in [0.25, 0.3) is 0 Å². The van der Waals surface area contributed by atoms with Gasteiger partial charge in [-0.05, 0) is 12.1 Å². The lowest BCUT2D eigenvalue weighted by Gasteiger charge is -2.18. The minimum absolute atomic E-state index is 0.0374. The molecule has 0 radical (unpaired) electrons. The first-order valence-corrected chi connectivity index (χ1v) is 10.2. The highest BCUT2D eigenvalue weighted by Crippen LogP contribution is 2.32. The van der Waals surface area contributed by atoms with E-state index in [1.807, 2.05) is 30.3 Å². The summed E-state index contributed by atoms with van der Waals surface area (Å²) in [4.78, 5) is 26.3. The largest absolute Gasteiger partial charge is 0.423 e. The van der Waals surface area contributed by atoms with Gasteiger partial charge in [0.25, 0.3) is 5.56 Å². The van der Waals surface area contributed by atoms with Gasteiger partial charge >= 0.3 is 11.9 Å². The van der Waals surface area contributed by atoms with E-state index in [2.05, 4.69) is 5.92 Å². The van der Waals surface area contributed by atoms with Gasteiger partial charge < -0.3 is 14.2 Å². The molecule has 7 nitrogen and oxygen atoms in total. The number of nitrogens with zero attached hydrogens (tertiary/aromatic N) is 1. The second-order valence-corrected chi connectivity index (χ2v) is 7.57. The van der Waals surface area contributed by atoms with Crippen LogP contribution in [0, 0.1) is 12.3 Å². The molecule has 3 atom stereocenters. The Kier molecular flexibility index (Phi) is 7.61. The zero-order chi connectivity index (χ0) is 22.4. The number of rotatable bonds is 8. The van der Waals surface area contributed by atoms with E-state index in [4.69, 9.17) is 20.6 Å². The van der Waals surface area contributed by atoms with E-state index in [1.165, 1.54) is 11.8 Å². The Labute approximate surface area is 179 Å². The summed E-state index contributed by atoms with van der Waals surface area (Å²) in [5.74, 6) is 2.63. The third-order valence-corrected chi connectivity index (χ3v) is 5.37. The average Bonchev–Trinajstić information content (AvgIpc) is 3.12. The predicted octanol–water partition coefficient (Wildman–Crippen LogP) is 2.63. The molecular weight excluding hydrogens is 437 g/mol. The lowest BCUT2D eigenvalue weighted by molar-refractivity contribution is -0.139. The quantitative estimate of drug-likeness (QED) is 0.285. The van der Waals surface area contributed by atoms with E-state index in [0.29, 0.717) is 16.7 Å². The number of hydrogen-bond acceptors (Lipinski definition) is 6. The molecule has 1 aromatic heterocycles. The van der Waals surface area contributed by atoms with Crippen molar-refractivity contribution in [1.82, 2.24) is 9.55 Å². The van der Waals surface area contributed by atoms with E-state index < -0.39 is 41.4 Å². The van der Waals surface area contributed by atoms with Crippen molar-refractivity contribution < 1.29 is 27.4 Å². The van der Waals surface area contributed by atoms with Crippen LogP contribution in [0.15, 0.2) is 51.0 Å². The van der Waals surface area contributed by atoms with Gasteiger partial charge in [0.15, 0.2) is 0 Å². The summed E-state index contributed by atoms with van der Waals surface area (Å²) >= 11 is 1.46. The Bertz CT molecular complexity index is 1030. The van der Waals surface area contributed by atoms with Gasteiger partial charge in [0.2, 0.25) is 0 Å². The molecule has 0 bridgehead atoms. The number of benzene rings is 1. The molecule has 0 amide bonds. The molecule has 0 unspecified atom stereocenters. The second-order valence-electron chi connectivity index (χ2n) is 6.57. The second kappa shape index (κ2) is 10.2. The predicted molar refractivity (Wildman–Crippen MR) is 107 cm³/mol. The van der Waals surface area contributed by atoms with Crippen LogP contribution in [0.3, 0.4) is 0 Å². The normalized spacial score (nSPS) is 21.2. The molecule has 3 rings (SSSR count). The Balaban J connectivity index is 1.70. The van der Waals surface area contributed by atoms with Crippen molar-refractivity contribution in [2.75, 3.05) is 19.2 Å². The number of H-pyrrole nitrogens is 1. The van der Waals surface area contributed by atoms with Crippen molar-refractivity contribution >= 4 is 11.8 Å². The topological polar surface area (TPSA) is 82.6 Å². The van der Waals surface area contributed by atoms with Gasteiger partial charge in [-0.3, -0.25) is 14.3 Å². The maximum absolute atomic E-state index is 13.1. The summed E-state index contributed by atoms with van der Waals surface area (Å²) in [6.45, 7) is 0.0418. The van der Waals surface area contributed by atoms with Crippen molar-refractivity contribution in [2.45, 2.75) is 35.9 Å². The van der Waals surface area contributed by atoms with Gasteiger partial charge in [-0.15, -0.1) is 6.42 Å². The lowest BCUT2D eigenvalue weighted by Crippen LogP contribution is -2.36. The van der Waals surface area contributed by atoms with Gasteiger partial charge in [-0.25, -0.2) is 4.79 Å². The standard InChI is InChI=1S/C20H19F3N2O5S/c1-2-8-29-15-9-17(25-10-14(20(21,22)23)18(26)24-19(25)27)30-16(15)11-28-12-31-13-6-4-3-5-7-13/h1,3-7,10,15-17H,8-9,11-12H2,(H,24,26,27)/t15-,16+,17+/m0/s1. The Morgan fingerprint density at radius 2 is 2.03 bits per heavy atom. The molecule has 1 aliphatic rings. The fourth-order valence-electron chi connectivity index (χ4n) is 3.04. The summed E-state index contributed by atoms with van der Waals surface area (Å²) < 4.78 is 56.8. The van der Waals surface area contributed by atoms with E-state index in [-0.39, 0.29) is 19.6 Å². The van der Waals surface area contributed by atoms with Crippen LogP contribution >= 0.6 is 11.8 Å². The first-order valence-electron chi connectivity index (χ1n) is 9.18. The van der Waals surface area contributed by atoms with E-state index in [0.717, 1.165) is 4.90 Å². The minimum atomic E-state index is -4.92. The molecule has 1 N–H and O–H groups in total. The highest BCUT2D eigenvalue weighted by molar-refractivity contribution is 7.99. The molecule has 31 heavy (non-hydrogen) atoms. The molecule has 1 saturated heterocycles. The number of aromatic amines is 1. The third-order valence-electron chi connectivity index (χ3n) is 4.48. The highest BCUT2D eigenvalue weighted by atomic mass is 32.2. The summed E-state index contributed by atoms with van der Waals surface area (Å²) in [5, 5.41) is 0. The zero-order valence-electron chi connectivity index (χ0n) is 16.1. The van der Waals surface area contributed by atoms with Gasteiger partial charge in [0.05, 0.1) is 18.6 Å². The molecule has 1 aliphatic heterocycles. The van der Waals surface area contributed by atoms with Crippen molar-refractivity contribution in [3.63, 3.8) is 0 Å². The molecule has 2 aromatic rings. The Morgan fingerprint density at radius 1 is 1.29 bits per heavy atom. The first-order chi connectivity index (χ1) is 14.8. The molecule has 0 saturated carbocycles. The number of nitrogens with one attached hydrogen (secondary N) is 1. The van der Waals surface area contributed by atoms with Gasteiger partial charge in [0, 0.05) is 17.5 Å². The van der Waals surface area contributed by atoms with Crippen molar-refractivity contribution in [3.05, 3.63) is 62.9 Å². The number of thioether (sulfide) groups is 1. The van der Waals surface area contributed by atoms with Gasteiger partial charge in [0.1, 0.15) is 24.5 Å². The first kappa shape index (κ1) is 23.1. The third kappa shape index (κ3) is 6.01. The van der Waals surface area contributed by atoms with Gasteiger partial charge in [-0.2, -0.15) is 13.2 Å². The summed E-state index contributed by atoms with van der Waals surface area (Å²) in [5.41, 5.74) is -4.01.